The third-order valence-corrected chi connectivity index (χ3v) is 5.08. The minimum Gasteiger partial charge on any atom is -0.475 e. The van der Waals surface area contributed by atoms with E-state index in [4.69, 9.17) is 4.74 Å². The van der Waals surface area contributed by atoms with Gasteiger partial charge in [0, 0.05) is 25.2 Å². The summed E-state index contributed by atoms with van der Waals surface area (Å²) < 4.78 is 8.25. The summed E-state index contributed by atoms with van der Waals surface area (Å²) in [5.41, 5.74) is 1.00. The van der Waals surface area contributed by atoms with E-state index in [1.54, 1.807) is 0 Å². The first-order valence-electron chi connectivity index (χ1n) is 9.03. The molecule has 0 saturated carbocycles. The Bertz CT molecular complexity index is 1140. The fourth-order valence-electron chi connectivity index (χ4n) is 2.79. The van der Waals surface area contributed by atoms with E-state index < -0.39 is 4.92 Å². The highest BCUT2D eigenvalue weighted by Gasteiger charge is 2.20. The standard InChI is InChI=1S/C18H18N8O3S/c1-29-17-14(26(27)28)12-25(23-17)10-8-16-20-21-18(30-16)19-15-7-9-24(22-15)11-13-5-3-2-4-6-13/h2-7,9,12H,8,10-11H2,1H3,(H,19,21,22). The monoisotopic (exact) mass is 426 g/mol. The van der Waals surface area contributed by atoms with Crippen LogP contribution >= 0.6 is 11.3 Å². The minimum atomic E-state index is -0.522. The van der Waals surface area contributed by atoms with Crippen molar-refractivity contribution in [3.8, 4) is 5.88 Å². The molecule has 11 nitrogen and oxygen atoms in total. The minimum absolute atomic E-state index is 0.00860. The smallest absolute Gasteiger partial charge is 0.350 e. The molecule has 0 amide bonds. The molecule has 3 heterocycles. The van der Waals surface area contributed by atoms with E-state index >= 15 is 0 Å². The topological polar surface area (TPSA) is 126 Å². The molecule has 0 aliphatic heterocycles. The van der Waals surface area contributed by atoms with Crippen LogP contribution in [0.2, 0.25) is 0 Å². The molecule has 0 unspecified atom stereocenters. The Morgan fingerprint density at radius 1 is 1.17 bits per heavy atom. The summed E-state index contributed by atoms with van der Waals surface area (Å²) in [5.74, 6) is 0.673. The van der Waals surface area contributed by atoms with Gasteiger partial charge in [0.25, 0.3) is 0 Å². The third-order valence-electron chi connectivity index (χ3n) is 4.18. The molecule has 0 fully saturated rings. The lowest BCUT2D eigenvalue weighted by Crippen LogP contribution is -2.02. The van der Waals surface area contributed by atoms with Gasteiger partial charge in [-0.15, -0.1) is 15.3 Å². The lowest BCUT2D eigenvalue weighted by Gasteiger charge is -2.01. The molecule has 3 aromatic heterocycles. The summed E-state index contributed by atoms with van der Waals surface area (Å²) >= 11 is 1.39. The van der Waals surface area contributed by atoms with Gasteiger partial charge >= 0.3 is 11.6 Å². The number of nitro groups is 1. The van der Waals surface area contributed by atoms with Gasteiger partial charge in [-0.25, -0.2) is 0 Å². The maximum atomic E-state index is 11.0. The number of benzene rings is 1. The summed E-state index contributed by atoms with van der Waals surface area (Å²) in [7, 11) is 1.35. The molecule has 0 saturated heterocycles. The van der Waals surface area contributed by atoms with Crippen molar-refractivity contribution >= 4 is 28.0 Å². The van der Waals surface area contributed by atoms with E-state index in [-0.39, 0.29) is 11.6 Å². The molecule has 4 rings (SSSR count). The lowest BCUT2D eigenvalue weighted by molar-refractivity contribution is -0.385. The van der Waals surface area contributed by atoms with E-state index in [1.165, 1.54) is 34.9 Å². The Hall–Kier alpha value is -3.80. The molecule has 4 aromatic rings. The van der Waals surface area contributed by atoms with Crippen LogP contribution in [-0.4, -0.2) is 41.8 Å². The van der Waals surface area contributed by atoms with Crippen LogP contribution in [0.15, 0.2) is 48.8 Å². The predicted molar refractivity (Wildman–Crippen MR) is 110 cm³/mol. The van der Waals surface area contributed by atoms with Gasteiger partial charge in [0.05, 0.1) is 18.6 Å². The van der Waals surface area contributed by atoms with Gasteiger partial charge in [0.15, 0.2) is 5.82 Å². The van der Waals surface area contributed by atoms with E-state index in [1.807, 2.05) is 35.1 Å². The van der Waals surface area contributed by atoms with Crippen LogP contribution in [0, 0.1) is 10.1 Å². The number of hydrogen-bond acceptors (Lipinski definition) is 9. The van der Waals surface area contributed by atoms with E-state index in [2.05, 4.69) is 37.8 Å². The number of rotatable bonds is 9. The maximum Gasteiger partial charge on any atom is 0.350 e. The molecule has 0 radical (unpaired) electrons. The number of ether oxygens (including phenoxy) is 1. The second-order valence-electron chi connectivity index (χ2n) is 6.30. The van der Waals surface area contributed by atoms with Crippen LogP contribution in [0.25, 0.3) is 0 Å². The largest absolute Gasteiger partial charge is 0.475 e. The first kappa shape index (κ1) is 19.5. The second kappa shape index (κ2) is 8.69. The maximum absolute atomic E-state index is 11.0. The van der Waals surface area contributed by atoms with Crippen LogP contribution in [-0.2, 0) is 19.5 Å². The van der Waals surface area contributed by atoms with Crippen LogP contribution in [0.3, 0.4) is 0 Å². The molecular formula is C18H18N8O3S. The average molecular weight is 426 g/mol. The predicted octanol–water partition coefficient (Wildman–Crippen LogP) is 2.88. The van der Waals surface area contributed by atoms with Crippen molar-refractivity contribution in [2.45, 2.75) is 19.5 Å². The highest BCUT2D eigenvalue weighted by atomic mass is 32.1. The van der Waals surface area contributed by atoms with Gasteiger partial charge in [-0.1, -0.05) is 41.7 Å². The van der Waals surface area contributed by atoms with Crippen molar-refractivity contribution in [3.63, 3.8) is 0 Å². The van der Waals surface area contributed by atoms with Crippen LogP contribution in [0.4, 0.5) is 16.6 Å². The second-order valence-corrected chi connectivity index (χ2v) is 7.37. The summed E-state index contributed by atoms with van der Waals surface area (Å²) in [6, 6.07) is 12.0. The molecule has 30 heavy (non-hydrogen) atoms. The first-order valence-corrected chi connectivity index (χ1v) is 9.85. The molecule has 0 aliphatic carbocycles. The Morgan fingerprint density at radius 3 is 2.73 bits per heavy atom. The van der Waals surface area contributed by atoms with Gasteiger partial charge in [-0.2, -0.15) is 5.10 Å². The Labute approximate surface area is 175 Å². The molecular weight excluding hydrogens is 408 g/mol. The number of anilines is 2. The normalized spacial score (nSPS) is 10.8. The van der Waals surface area contributed by atoms with Gasteiger partial charge in [0.1, 0.15) is 11.2 Å². The number of aromatic nitrogens is 6. The van der Waals surface area contributed by atoms with Crippen molar-refractivity contribution in [3.05, 3.63) is 69.5 Å². The fourth-order valence-corrected chi connectivity index (χ4v) is 3.53. The molecule has 0 bridgehead atoms. The van der Waals surface area contributed by atoms with Crippen molar-refractivity contribution in [1.29, 1.82) is 0 Å². The number of hydrogen-bond donors (Lipinski definition) is 1. The SMILES string of the molecule is COc1nn(CCc2nnc(Nc3ccn(Cc4ccccc4)n3)s2)cc1[N+](=O)[O-]. The van der Waals surface area contributed by atoms with Crippen molar-refractivity contribution < 1.29 is 9.66 Å². The lowest BCUT2D eigenvalue weighted by atomic mass is 10.2. The molecule has 1 aromatic carbocycles. The number of aryl methyl sites for hydroxylation is 2. The molecule has 1 N–H and O–H groups in total. The number of nitrogens with one attached hydrogen (secondary N) is 1. The van der Waals surface area contributed by atoms with Crippen LogP contribution in [0.1, 0.15) is 10.6 Å². The molecule has 0 spiro atoms. The summed E-state index contributed by atoms with van der Waals surface area (Å²) in [5, 5.41) is 32.4. The highest BCUT2D eigenvalue weighted by Crippen LogP contribution is 2.25. The summed E-state index contributed by atoms with van der Waals surface area (Å²) in [4.78, 5) is 10.5. The molecule has 0 atom stereocenters. The Morgan fingerprint density at radius 2 is 2.00 bits per heavy atom. The Balaban J connectivity index is 1.34. The number of nitrogens with zero attached hydrogens (tertiary/aromatic N) is 7. The number of methoxy groups -OCH3 is 1. The zero-order chi connectivity index (χ0) is 20.9. The molecule has 12 heteroatoms. The average Bonchev–Trinajstić information content (AvgIpc) is 3.47. The van der Waals surface area contributed by atoms with Crippen molar-refractivity contribution in [2.75, 3.05) is 12.4 Å². The highest BCUT2D eigenvalue weighted by molar-refractivity contribution is 7.15. The van der Waals surface area contributed by atoms with E-state index in [0.717, 1.165) is 5.01 Å². The summed E-state index contributed by atoms with van der Waals surface area (Å²) in [6.07, 6.45) is 3.78. The quantitative estimate of drug-likeness (QED) is 0.320. The van der Waals surface area contributed by atoms with Crippen molar-refractivity contribution in [1.82, 2.24) is 29.8 Å². The Kier molecular flexibility index (Phi) is 5.66. The molecule has 0 aliphatic rings. The zero-order valence-corrected chi connectivity index (χ0v) is 16.8. The fraction of sp³-hybridized carbons (Fsp3) is 0.222. The first-order chi connectivity index (χ1) is 14.6. The van der Waals surface area contributed by atoms with Crippen molar-refractivity contribution in [2.24, 2.45) is 0 Å². The zero-order valence-electron chi connectivity index (χ0n) is 16.0. The van der Waals surface area contributed by atoms with Gasteiger partial charge in [-0.3, -0.25) is 19.5 Å². The van der Waals surface area contributed by atoms with Gasteiger partial charge in [0.2, 0.25) is 5.13 Å². The van der Waals surface area contributed by atoms with E-state index in [0.29, 0.717) is 30.5 Å². The van der Waals surface area contributed by atoms with Crippen LogP contribution in [0.5, 0.6) is 5.88 Å². The van der Waals surface area contributed by atoms with Gasteiger partial charge < -0.3 is 10.1 Å². The van der Waals surface area contributed by atoms with E-state index in [9.17, 15) is 10.1 Å². The third kappa shape index (κ3) is 4.60. The summed E-state index contributed by atoms with van der Waals surface area (Å²) in [6.45, 7) is 1.11. The van der Waals surface area contributed by atoms with Gasteiger partial charge in [-0.05, 0) is 5.56 Å². The molecule has 154 valence electrons. The van der Waals surface area contributed by atoms with Crippen LogP contribution < -0.4 is 10.1 Å².